The van der Waals surface area contributed by atoms with E-state index in [1.807, 2.05) is 33.7 Å². The number of benzene rings is 1. The molecule has 2 N–H and O–H groups in total. The van der Waals surface area contributed by atoms with Crippen molar-refractivity contribution in [1.82, 2.24) is 14.5 Å². The first-order valence-corrected chi connectivity index (χ1v) is 9.56. The number of likely N-dealkylation sites (tertiary alicyclic amines) is 1. The highest BCUT2D eigenvalue weighted by Crippen LogP contribution is 2.34. The highest BCUT2D eigenvalue weighted by molar-refractivity contribution is 5.78. The lowest BCUT2D eigenvalue weighted by molar-refractivity contribution is -0.136. The Morgan fingerprint density at radius 2 is 2.12 bits per heavy atom. The van der Waals surface area contributed by atoms with E-state index < -0.39 is 0 Å². The van der Waals surface area contributed by atoms with Gasteiger partial charge < -0.3 is 19.7 Å². The lowest BCUT2D eigenvalue weighted by atomic mass is 9.77. The number of aromatic nitrogens is 2. The van der Waals surface area contributed by atoms with Crippen LogP contribution in [-0.2, 0) is 17.9 Å². The number of hydrogen-bond acceptors (Lipinski definition) is 4. The summed E-state index contributed by atoms with van der Waals surface area (Å²) in [6.45, 7) is 4.04. The summed E-state index contributed by atoms with van der Waals surface area (Å²) in [6.07, 6.45) is 4.28. The number of aliphatic hydroxyl groups is 2. The highest BCUT2D eigenvalue weighted by atomic mass is 16.3. The van der Waals surface area contributed by atoms with Crippen molar-refractivity contribution in [2.45, 2.75) is 52.2 Å². The van der Waals surface area contributed by atoms with Crippen LogP contribution in [0.25, 0.3) is 11.0 Å². The van der Waals surface area contributed by atoms with Gasteiger partial charge in [-0.2, -0.15) is 0 Å². The van der Waals surface area contributed by atoms with Gasteiger partial charge in [-0.3, -0.25) is 4.79 Å². The molecule has 6 nitrogen and oxygen atoms in total. The Hall–Kier alpha value is -1.92. The van der Waals surface area contributed by atoms with Crippen molar-refractivity contribution >= 4 is 16.9 Å². The maximum absolute atomic E-state index is 12.8. The number of nitrogens with zero attached hydrogens (tertiary/aromatic N) is 3. The Balaban J connectivity index is 1.69. The summed E-state index contributed by atoms with van der Waals surface area (Å²) < 4.78 is 1.93. The van der Waals surface area contributed by atoms with Gasteiger partial charge in [0.25, 0.3) is 0 Å². The Morgan fingerprint density at radius 3 is 2.85 bits per heavy atom. The van der Waals surface area contributed by atoms with E-state index in [4.69, 9.17) is 0 Å². The molecule has 0 radical (unpaired) electrons. The standard InChI is InChI=1S/C20H29N3O3/c1-2-9-20(15-25)10-5-11-22(14-20)19(26)8-12-23-17-7-4-3-6-16(17)21-18(23)13-24/h3-4,6-7,24-25H,2,5,8-15H2,1H3/t20-/m1/s1. The van der Waals surface area contributed by atoms with Crippen molar-refractivity contribution in [3.8, 4) is 0 Å². The van der Waals surface area contributed by atoms with Crippen LogP contribution in [0, 0.1) is 5.41 Å². The second kappa shape index (κ2) is 8.18. The number of carbonyl (C=O) groups is 1. The topological polar surface area (TPSA) is 78.6 Å². The highest BCUT2D eigenvalue weighted by Gasteiger charge is 2.35. The van der Waals surface area contributed by atoms with Crippen LogP contribution in [0.4, 0.5) is 0 Å². The Labute approximate surface area is 154 Å². The number of carbonyl (C=O) groups excluding carboxylic acids is 1. The van der Waals surface area contributed by atoms with Gasteiger partial charge in [0, 0.05) is 31.5 Å². The molecule has 1 aromatic carbocycles. The zero-order valence-electron chi connectivity index (χ0n) is 15.5. The van der Waals surface area contributed by atoms with Gasteiger partial charge in [-0.15, -0.1) is 0 Å². The summed E-state index contributed by atoms with van der Waals surface area (Å²) >= 11 is 0. The molecule has 1 atom stereocenters. The van der Waals surface area contributed by atoms with Crippen molar-refractivity contribution < 1.29 is 15.0 Å². The number of aryl methyl sites for hydroxylation is 1. The van der Waals surface area contributed by atoms with E-state index in [1.165, 1.54) is 0 Å². The molecule has 0 bridgehead atoms. The van der Waals surface area contributed by atoms with Crippen molar-refractivity contribution in [2.75, 3.05) is 19.7 Å². The molecule has 142 valence electrons. The molecule has 1 aromatic heterocycles. The molecule has 1 fully saturated rings. The van der Waals surface area contributed by atoms with Gasteiger partial charge in [0.2, 0.25) is 5.91 Å². The van der Waals surface area contributed by atoms with Gasteiger partial charge in [0.05, 0.1) is 17.6 Å². The molecule has 1 aliphatic heterocycles. The molecular weight excluding hydrogens is 330 g/mol. The average molecular weight is 359 g/mol. The maximum atomic E-state index is 12.8. The van der Waals surface area contributed by atoms with E-state index in [0.29, 0.717) is 25.3 Å². The van der Waals surface area contributed by atoms with Crippen molar-refractivity contribution in [3.63, 3.8) is 0 Å². The molecule has 2 aromatic rings. The van der Waals surface area contributed by atoms with Crippen molar-refractivity contribution in [1.29, 1.82) is 0 Å². The largest absolute Gasteiger partial charge is 0.396 e. The van der Waals surface area contributed by atoms with Crippen molar-refractivity contribution in [2.24, 2.45) is 5.41 Å². The van der Waals surface area contributed by atoms with Gasteiger partial charge in [0.15, 0.2) is 0 Å². The van der Waals surface area contributed by atoms with E-state index in [-0.39, 0.29) is 24.5 Å². The number of imidazole rings is 1. The predicted molar refractivity (Wildman–Crippen MR) is 101 cm³/mol. The number of fused-ring (bicyclic) bond motifs is 1. The zero-order chi connectivity index (χ0) is 18.6. The van der Waals surface area contributed by atoms with Crippen LogP contribution in [0.2, 0.25) is 0 Å². The summed E-state index contributed by atoms with van der Waals surface area (Å²) in [5, 5.41) is 19.4. The zero-order valence-corrected chi connectivity index (χ0v) is 15.5. The van der Waals surface area contributed by atoms with E-state index in [9.17, 15) is 15.0 Å². The molecule has 2 heterocycles. The predicted octanol–water partition coefficient (Wildman–Crippen LogP) is 2.32. The van der Waals surface area contributed by atoms with Crippen LogP contribution in [0.5, 0.6) is 0 Å². The van der Waals surface area contributed by atoms with Crippen LogP contribution in [-0.4, -0.2) is 50.3 Å². The van der Waals surface area contributed by atoms with E-state index in [1.54, 1.807) is 0 Å². The number of para-hydroxylation sites is 2. The molecule has 0 spiro atoms. The van der Waals surface area contributed by atoms with Gasteiger partial charge in [-0.1, -0.05) is 25.5 Å². The third-order valence-corrected chi connectivity index (χ3v) is 5.55. The summed E-state index contributed by atoms with van der Waals surface area (Å²) in [4.78, 5) is 19.1. The van der Waals surface area contributed by atoms with Gasteiger partial charge in [-0.05, 0) is 31.4 Å². The minimum Gasteiger partial charge on any atom is -0.396 e. The first-order valence-electron chi connectivity index (χ1n) is 9.56. The fourth-order valence-electron chi connectivity index (χ4n) is 4.22. The minimum atomic E-state index is -0.142. The third-order valence-electron chi connectivity index (χ3n) is 5.55. The normalized spacial score (nSPS) is 20.7. The fourth-order valence-corrected chi connectivity index (χ4v) is 4.22. The second-order valence-electron chi connectivity index (χ2n) is 7.40. The van der Waals surface area contributed by atoms with Gasteiger partial charge in [-0.25, -0.2) is 4.98 Å². The first kappa shape index (κ1) is 18.9. The number of hydrogen-bond donors (Lipinski definition) is 2. The molecule has 0 unspecified atom stereocenters. The maximum Gasteiger partial charge on any atom is 0.224 e. The van der Waals surface area contributed by atoms with Gasteiger partial charge >= 0.3 is 0 Å². The molecule has 0 aliphatic carbocycles. The van der Waals surface area contributed by atoms with Crippen LogP contribution >= 0.6 is 0 Å². The molecule has 1 aliphatic rings. The molecule has 6 heteroatoms. The number of aliphatic hydroxyl groups excluding tert-OH is 2. The quantitative estimate of drug-likeness (QED) is 0.795. The summed E-state index contributed by atoms with van der Waals surface area (Å²) in [6, 6.07) is 7.74. The molecule has 3 rings (SSSR count). The lowest BCUT2D eigenvalue weighted by Gasteiger charge is -2.42. The minimum absolute atomic E-state index is 0.111. The molecule has 26 heavy (non-hydrogen) atoms. The number of piperidine rings is 1. The van der Waals surface area contributed by atoms with Crippen molar-refractivity contribution in [3.05, 3.63) is 30.1 Å². The first-order chi connectivity index (χ1) is 12.6. The lowest BCUT2D eigenvalue weighted by Crippen LogP contribution is -2.48. The third kappa shape index (κ3) is 3.76. The van der Waals surface area contributed by atoms with Crippen LogP contribution in [0.3, 0.4) is 0 Å². The van der Waals surface area contributed by atoms with E-state index >= 15 is 0 Å². The second-order valence-corrected chi connectivity index (χ2v) is 7.40. The summed E-state index contributed by atoms with van der Waals surface area (Å²) in [7, 11) is 0. The van der Waals surface area contributed by atoms with E-state index in [0.717, 1.165) is 43.3 Å². The summed E-state index contributed by atoms with van der Waals surface area (Å²) in [5.41, 5.74) is 1.64. The smallest absolute Gasteiger partial charge is 0.224 e. The molecular formula is C20H29N3O3. The number of amides is 1. The van der Waals surface area contributed by atoms with Crippen LogP contribution in [0.15, 0.2) is 24.3 Å². The SMILES string of the molecule is CCC[C@@]1(CO)CCCN(C(=O)CCn2c(CO)nc3ccccc32)C1. The van der Waals surface area contributed by atoms with E-state index in [2.05, 4.69) is 11.9 Å². The van der Waals surface area contributed by atoms with Crippen LogP contribution < -0.4 is 0 Å². The van der Waals surface area contributed by atoms with Crippen LogP contribution in [0.1, 0.15) is 44.9 Å². The average Bonchev–Trinajstić information content (AvgIpc) is 3.04. The Morgan fingerprint density at radius 1 is 1.31 bits per heavy atom. The monoisotopic (exact) mass is 359 g/mol. The van der Waals surface area contributed by atoms with Gasteiger partial charge in [0.1, 0.15) is 12.4 Å². The summed E-state index contributed by atoms with van der Waals surface area (Å²) in [5.74, 6) is 0.702. The Kier molecular flexibility index (Phi) is 5.94. The Bertz CT molecular complexity index is 754. The molecule has 0 saturated carbocycles. The molecule has 1 amide bonds. The number of rotatable bonds is 7. The fraction of sp³-hybridized carbons (Fsp3) is 0.600. The molecule has 1 saturated heterocycles.